The molecule has 0 saturated carbocycles. The zero-order valence-electron chi connectivity index (χ0n) is 9.93. The van der Waals surface area contributed by atoms with Gasteiger partial charge in [0.1, 0.15) is 0 Å². The van der Waals surface area contributed by atoms with E-state index < -0.39 is 11.9 Å². The Balaban J connectivity index is 0.00000225. The minimum Gasteiger partial charge on any atom is -0.481 e. The number of carboxylic acid groups (broad SMARTS) is 1. The fourth-order valence-corrected chi connectivity index (χ4v) is 1.56. The number of benzene rings is 1. The van der Waals surface area contributed by atoms with Crippen molar-refractivity contribution < 1.29 is 14.6 Å². The molecule has 2 nitrogen and oxygen atoms in total. The highest BCUT2D eigenvalue weighted by atomic mass is 19.0. The molecule has 1 aromatic rings. The second-order valence-electron chi connectivity index (χ2n) is 4.40. The molecule has 1 N–H and O–H groups in total. The average Bonchev–Trinajstić information content (AvgIpc) is 2.17. The third-order valence-corrected chi connectivity index (χ3v) is 2.49. The molecule has 1 atom stereocenters. The first-order valence-corrected chi connectivity index (χ1v) is 5.32. The normalized spacial score (nSPS) is 12.0. The first-order chi connectivity index (χ1) is 7.00. The van der Waals surface area contributed by atoms with Crippen molar-refractivity contribution in [1.29, 1.82) is 0 Å². The van der Waals surface area contributed by atoms with Gasteiger partial charge in [-0.05, 0) is 30.4 Å². The Morgan fingerprint density at radius 1 is 1.19 bits per heavy atom. The molecule has 0 amide bonds. The molecular weight excluding hydrogens is 207 g/mol. The van der Waals surface area contributed by atoms with Gasteiger partial charge in [-0.3, -0.25) is 9.50 Å². The Kier molecular flexibility index (Phi) is 5.72. The van der Waals surface area contributed by atoms with Gasteiger partial charge in [0.25, 0.3) is 0 Å². The summed E-state index contributed by atoms with van der Waals surface area (Å²) in [5, 5.41) is 8.85. The number of hydrogen-bond donors (Lipinski definition) is 1. The number of halogens is 1. The fraction of sp³-hybridized carbons (Fsp3) is 0.462. The second-order valence-corrected chi connectivity index (χ2v) is 4.40. The summed E-state index contributed by atoms with van der Waals surface area (Å²) in [5.41, 5.74) is 2.14. The van der Waals surface area contributed by atoms with Gasteiger partial charge in [0.15, 0.2) is 0 Å². The molecule has 1 rings (SSSR count). The van der Waals surface area contributed by atoms with Crippen LogP contribution < -0.4 is 0 Å². The van der Waals surface area contributed by atoms with Crippen LogP contribution in [0.25, 0.3) is 0 Å². The van der Waals surface area contributed by atoms with Crippen molar-refractivity contribution in [3.05, 3.63) is 35.4 Å². The number of carbonyl (C=O) groups is 1. The number of hydrogen-bond acceptors (Lipinski definition) is 1. The number of rotatable bonds is 4. The molecule has 0 aromatic heterocycles. The van der Waals surface area contributed by atoms with E-state index in [4.69, 9.17) is 5.11 Å². The van der Waals surface area contributed by atoms with Crippen molar-refractivity contribution >= 4 is 5.97 Å². The minimum absolute atomic E-state index is 0. The van der Waals surface area contributed by atoms with Crippen molar-refractivity contribution in [2.45, 2.75) is 33.1 Å². The van der Waals surface area contributed by atoms with Crippen LogP contribution in [0.4, 0.5) is 4.70 Å². The minimum atomic E-state index is -0.772. The predicted octanol–water partition coefficient (Wildman–Crippen LogP) is 3.23. The summed E-state index contributed by atoms with van der Waals surface area (Å²) in [6.07, 6.45) is 1.04. The van der Waals surface area contributed by atoms with Crippen LogP contribution in [0, 0.1) is 5.92 Å². The predicted molar refractivity (Wildman–Crippen MR) is 63.5 cm³/mol. The SMILES string of the molecule is CC(C)Cc1ccc(C(C)C(=O)O)cc1.F. The lowest BCUT2D eigenvalue weighted by molar-refractivity contribution is -0.138. The molecule has 0 saturated heterocycles. The van der Waals surface area contributed by atoms with Gasteiger partial charge in [0, 0.05) is 0 Å². The molecule has 0 radical (unpaired) electrons. The Morgan fingerprint density at radius 2 is 1.69 bits per heavy atom. The Labute approximate surface area is 95.7 Å². The van der Waals surface area contributed by atoms with Crippen LogP contribution in [0.2, 0.25) is 0 Å². The van der Waals surface area contributed by atoms with Crippen LogP contribution in [0.15, 0.2) is 24.3 Å². The van der Waals surface area contributed by atoms with Gasteiger partial charge < -0.3 is 5.11 Å². The standard InChI is InChI=1S/C13H18O2.FH/c1-9(2)8-11-4-6-12(7-5-11)10(3)13(14)15;/h4-7,9-10H,8H2,1-3H3,(H,14,15);1H. The lowest BCUT2D eigenvalue weighted by atomic mass is 9.97. The lowest BCUT2D eigenvalue weighted by Crippen LogP contribution is -2.07. The monoisotopic (exact) mass is 226 g/mol. The van der Waals surface area contributed by atoms with Gasteiger partial charge in [-0.2, -0.15) is 0 Å². The summed E-state index contributed by atoms with van der Waals surface area (Å²) in [7, 11) is 0. The third-order valence-electron chi connectivity index (χ3n) is 2.49. The molecule has 1 aromatic carbocycles. The van der Waals surface area contributed by atoms with Crippen molar-refractivity contribution in [3.63, 3.8) is 0 Å². The van der Waals surface area contributed by atoms with Crippen molar-refractivity contribution in [2.75, 3.05) is 0 Å². The Hall–Kier alpha value is -1.38. The highest BCUT2D eigenvalue weighted by Crippen LogP contribution is 2.17. The number of carboxylic acids is 1. The third kappa shape index (κ3) is 4.01. The van der Waals surface area contributed by atoms with Crippen LogP contribution in [0.5, 0.6) is 0 Å². The summed E-state index contributed by atoms with van der Waals surface area (Å²) >= 11 is 0. The van der Waals surface area contributed by atoms with E-state index in [-0.39, 0.29) is 4.70 Å². The largest absolute Gasteiger partial charge is 0.481 e. The smallest absolute Gasteiger partial charge is 0.310 e. The highest BCUT2D eigenvalue weighted by Gasteiger charge is 2.12. The summed E-state index contributed by atoms with van der Waals surface area (Å²) in [4.78, 5) is 10.8. The van der Waals surface area contributed by atoms with Gasteiger partial charge in [-0.15, -0.1) is 0 Å². The molecule has 90 valence electrons. The summed E-state index contributed by atoms with van der Waals surface area (Å²) in [6.45, 7) is 6.06. The van der Waals surface area contributed by atoms with E-state index in [0.29, 0.717) is 5.92 Å². The van der Waals surface area contributed by atoms with Crippen LogP contribution in [0.3, 0.4) is 0 Å². The molecule has 0 aliphatic rings. The van der Waals surface area contributed by atoms with Gasteiger partial charge in [0.2, 0.25) is 0 Å². The maximum Gasteiger partial charge on any atom is 0.310 e. The van der Waals surface area contributed by atoms with E-state index in [9.17, 15) is 4.79 Å². The van der Waals surface area contributed by atoms with Crippen molar-refractivity contribution in [2.24, 2.45) is 5.92 Å². The molecule has 3 heteroatoms. The highest BCUT2D eigenvalue weighted by molar-refractivity contribution is 5.75. The summed E-state index contributed by atoms with van der Waals surface area (Å²) in [5.74, 6) is -0.558. The van der Waals surface area contributed by atoms with E-state index in [0.717, 1.165) is 12.0 Å². The van der Waals surface area contributed by atoms with E-state index in [1.807, 2.05) is 24.3 Å². The van der Waals surface area contributed by atoms with Gasteiger partial charge in [0.05, 0.1) is 5.92 Å². The quantitative estimate of drug-likeness (QED) is 0.855. The molecule has 0 heterocycles. The molecule has 0 aliphatic heterocycles. The maximum absolute atomic E-state index is 10.8. The molecule has 0 aliphatic carbocycles. The first-order valence-electron chi connectivity index (χ1n) is 5.32. The van der Waals surface area contributed by atoms with Crippen molar-refractivity contribution in [1.82, 2.24) is 0 Å². The molecule has 16 heavy (non-hydrogen) atoms. The maximum atomic E-state index is 10.8. The molecule has 0 bridgehead atoms. The van der Waals surface area contributed by atoms with Crippen molar-refractivity contribution in [3.8, 4) is 0 Å². The van der Waals surface area contributed by atoms with Gasteiger partial charge >= 0.3 is 5.97 Å². The van der Waals surface area contributed by atoms with Gasteiger partial charge in [-0.1, -0.05) is 38.1 Å². The van der Waals surface area contributed by atoms with E-state index in [1.165, 1.54) is 5.56 Å². The average molecular weight is 226 g/mol. The Bertz CT molecular complexity index is 330. The fourth-order valence-electron chi connectivity index (χ4n) is 1.56. The van der Waals surface area contributed by atoms with Crippen LogP contribution >= 0.6 is 0 Å². The van der Waals surface area contributed by atoms with E-state index in [1.54, 1.807) is 6.92 Å². The first kappa shape index (κ1) is 14.6. The van der Waals surface area contributed by atoms with E-state index in [2.05, 4.69) is 13.8 Å². The lowest BCUT2D eigenvalue weighted by Gasteiger charge is -2.09. The van der Waals surface area contributed by atoms with Crippen LogP contribution in [0.1, 0.15) is 37.8 Å². The number of aliphatic carboxylic acids is 1. The zero-order chi connectivity index (χ0) is 11.4. The summed E-state index contributed by atoms with van der Waals surface area (Å²) in [6, 6.07) is 7.87. The second kappa shape index (κ2) is 6.26. The Morgan fingerprint density at radius 3 is 2.06 bits per heavy atom. The molecule has 0 fully saturated rings. The topological polar surface area (TPSA) is 37.3 Å². The van der Waals surface area contributed by atoms with E-state index >= 15 is 0 Å². The molecular formula is C13H19FO2. The van der Waals surface area contributed by atoms with Crippen LogP contribution in [-0.4, -0.2) is 11.1 Å². The molecule has 0 spiro atoms. The summed E-state index contributed by atoms with van der Waals surface area (Å²) < 4.78 is 0. The zero-order valence-corrected chi connectivity index (χ0v) is 9.93. The molecule has 1 unspecified atom stereocenters. The van der Waals surface area contributed by atoms with Gasteiger partial charge in [-0.25, -0.2) is 0 Å². The van der Waals surface area contributed by atoms with Crippen LogP contribution in [-0.2, 0) is 11.2 Å².